The van der Waals surface area contributed by atoms with Crippen molar-refractivity contribution in [3.05, 3.63) is 35.8 Å². The molecule has 1 aromatic heterocycles. The first-order valence-electron chi connectivity index (χ1n) is 4.71. The van der Waals surface area contributed by atoms with Gasteiger partial charge < -0.3 is 9.88 Å². The fourth-order valence-corrected chi connectivity index (χ4v) is 1.69. The summed E-state index contributed by atoms with van der Waals surface area (Å²) < 4.78 is 12.9. The van der Waals surface area contributed by atoms with E-state index in [2.05, 4.69) is 19.1 Å². The first-order valence-corrected chi connectivity index (χ1v) is 4.71. The van der Waals surface area contributed by atoms with Crippen molar-refractivity contribution >= 4 is 10.9 Å². The van der Waals surface area contributed by atoms with Gasteiger partial charge in [-0.2, -0.15) is 0 Å². The molecule has 14 heavy (non-hydrogen) atoms. The maximum Gasteiger partial charge on any atom is 0.125 e. The lowest BCUT2D eigenvalue weighted by Gasteiger charge is -2.05. The van der Waals surface area contributed by atoms with E-state index >= 15 is 0 Å². The van der Waals surface area contributed by atoms with Gasteiger partial charge in [-0.1, -0.05) is 0 Å². The monoisotopic (exact) mass is 193 g/mol. The zero-order chi connectivity index (χ0) is 10.1. The second-order valence-electron chi connectivity index (χ2n) is 3.89. The van der Waals surface area contributed by atoms with Crippen molar-refractivity contribution in [1.29, 1.82) is 0 Å². The van der Waals surface area contributed by atoms with Gasteiger partial charge in [-0.15, -0.1) is 0 Å². The molecule has 1 aromatic carbocycles. The van der Waals surface area contributed by atoms with Gasteiger partial charge in [-0.05, 0) is 18.2 Å². The summed E-state index contributed by atoms with van der Waals surface area (Å²) in [5.74, 6) is -0.192. The van der Waals surface area contributed by atoms with Gasteiger partial charge in [0.15, 0.2) is 0 Å². The van der Waals surface area contributed by atoms with E-state index in [4.69, 9.17) is 0 Å². The van der Waals surface area contributed by atoms with Gasteiger partial charge >= 0.3 is 0 Å². The molecule has 0 radical (unpaired) electrons. The number of rotatable bonds is 2. The van der Waals surface area contributed by atoms with Crippen LogP contribution in [0.1, 0.15) is 5.56 Å². The molecule has 2 N–H and O–H groups in total. The molecule has 0 saturated carbocycles. The molecular weight excluding hydrogens is 179 g/mol. The van der Waals surface area contributed by atoms with E-state index in [1.165, 1.54) is 22.6 Å². The highest BCUT2D eigenvalue weighted by molar-refractivity contribution is 5.82. The van der Waals surface area contributed by atoms with E-state index in [9.17, 15) is 4.39 Å². The molecule has 74 valence electrons. The summed E-state index contributed by atoms with van der Waals surface area (Å²) in [4.78, 5) is 4.44. The van der Waals surface area contributed by atoms with Crippen molar-refractivity contribution in [3.8, 4) is 0 Å². The smallest absolute Gasteiger partial charge is 0.125 e. The van der Waals surface area contributed by atoms with Crippen LogP contribution in [0.3, 0.4) is 0 Å². The second kappa shape index (κ2) is 3.42. The zero-order valence-electron chi connectivity index (χ0n) is 8.39. The molecule has 0 aliphatic rings. The highest BCUT2D eigenvalue weighted by Gasteiger charge is 2.06. The largest absolute Gasteiger partial charge is 0.361 e. The molecule has 1 heterocycles. The topological polar surface area (TPSA) is 20.2 Å². The number of quaternary nitrogens is 1. The van der Waals surface area contributed by atoms with Crippen molar-refractivity contribution in [3.63, 3.8) is 0 Å². The van der Waals surface area contributed by atoms with Gasteiger partial charge in [0.2, 0.25) is 0 Å². The molecule has 0 saturated heterocycles. The maximum absolute atomic E-state index is 12.9. The Balaban J connectivity index is 2.47. The second-order valence-corrected chi connectivity index (χ2v) is 3.89. The minimum absolute atomic E-state index is 0.192. The number of benzene rings is 1. The number of aromatic nitrogens is 1. The normalized spacial score (nSPS) is 11.4. The van der Waals surface area contributed by atoms with E-state index < -0.39 is 0 Å². The van der Waals surface area contributed by atoms with Crippen molar-refractivity contribution in [2.45, 2.75) is 6.54 Å². The Bertz CT molecular complexity index is 445. The zero-order valence-corrected chi connectivity index (χ0v) is 8.39. The summed E-state index contributed by atoms with van der Waals surface area (Å²) in [7, 11) is 4.20. The van der Waals surface area contributed by atoms with Crippen LogP contribution in [0.4, 0.5) is 4.39 Å². The van der Waals surface area contributed by atoms with Crippen LogP contribution in [0.5, 0.6) is 0 Å². The minimum Gasteiger partial charge on any atom is -0.361 e. The van der Waals surface area contributed by atoms with Gasteiger partial charge in [0, 0.05) is 22.7 Å². The van der Waals surface area contributed by atoms with Crippen molar-refractivity contribution in [1.82, 2.24) is 4.98 Å². The molecule has 0 amide bonds. The summed E-state index contributed by atoms with van der Waals surface area (Å²) >= 11 is 0. The third-order valence-corrected chi connectivity index (χ3v) is 2.27. The summed E-state index contributed by atoms with van der Waals surface area (Å²) in [6.45, 7) is 0.950. The third kappa shape index (κ3) is 1.63. The Kier molecular flexibility index (Phi) is 2.25. The maximum atomic E-state index is 12.9. The molecule has 2 rings (SSSR count). The van der Waals surface area contributed by atoms with Crippen LogP contribution >= 0.6 is 0 Å². The lowest BCUT2D eigenvalue weighted by Crippen LogP contribution is -3.04. The van der Waals surface area contributed by atoms with E-state index in [0.29, 0.717) is 0 Å². The first kappa shape index (κ1) is 9.21. The van der Waals surface area contributed by atoms with Crippen LogP contribution in [-0.2, 0) is 6.54 Å². The van der Waals surface area contributed by atoms with Gasteiger partial charge in [0.25, 0.3) is 0 Å². The molecular formula is C11H14FN2+. The Morgan fingerprint density at radius 1 is 1.36 bits per heavy atom. The van der Waals surface area contributed by atoms with Crippen molar-refractivity contribution in [2.24, 2.45) is 0 Å². The molecule has 0 spiro atoms. The van der Waals surface area contributed by atoms with Gasteiger partial charge in [0.1, 0.15) is 12.4 Å². The van der Waals surface area contributed by atoms with E-state index in [0.717, 1.165) is 17.4 Å². The van der Waals surface area contributed by atoms with Crippen LogP contribution < -0.4 is 4.90 Å². The fraction of sp³-hybridized carbons (Fsp3) is 0.273. The van der Waals surface area contributed by atoms with E-state index in [1.807, 2.05) is 12.3 Å². The number of aromatic amines is 1. The van der Waals surface area contributed by atoms with E-state index in [1.54, 1.807) is 0 Å². The van der Waals surface area contributed by atoms with Crippen LogP contribution in [-0.4, -0.2) is 19.1 Å². The molecule has 0 aliphatic carbocycles. The Labute approximate surface area is 82.3 Å². The molecule has 3 heteroatoms. The quantitative estimate of drug-likeness (QED) is 0.708. The average molecular weight is 193 g/mol. The minimum atomic E-state index is -0.192. The highest BCUT2D eigenvalue weighted by Crippen LogP contribution is 2.18. The molecule has 0 unspecified atom stereocenters. The standard InChI is InChI=1S/C11H13FN2/c1-14(2)7-8-6-13-11-5-9(12)3-4-10(8)11/h3-6,13H,7H2,1-2H3/p+1. The Hall–Kier alpha value is -1.35. The van der Waals surface area contributed by atoms with Crippen molar-refractivity contribution in [2.75, 3.05) is 14.1 Å². The van der Waals surface area contributed by atoms with Crippen LogP contribution in [0.2, 0.25) is 0 Å². The molecule has 2 aromatic rings. The summed E-state index contributed by atoms with van der Waals surface area (Å²) in [5, 5.41) is 1.12. The number of halogens is 1. The van der Waals surface area contributed by atoms with Crippen LogP contribution in [0, 0.1) is 5.82 Å². The lowest BCUT2D eigenvalue weighted by atomic mass is 10.1. The molecule has 0 fully saturated rings. The Morgan fingerprint density at radius 2 is 2.14 bits per heavy atom. The highest BCUT2D eigenvalue weighted by atomic mass is 19.1. The van der Waals surface area contributed by atoms with Crippen LogP contribution in [0.25, 0.3) is 10.9 Å². The van der Waals surface area contributed by atoms with Gasteiger partial charge in [-0.3, -0.25) is 0 Å². The van der Waals surface area contributed by atoms with Crippen LogP contribution in [0.15, 0.2) is 24.4 Å². The SMILES string of the molecule is C[NH+](C)Cc1c[nH]c2cc(F)ccc12. The Morgan fingerprint density at radius 3 is 2.86 bits per heavy atom. The molecule has 0 atom stereocenters. The number of nitrogens with one attached hydrogen (secondary N) is 2. The summed E-state index contributed by atoms with van der Waals surface area (Å²) in [6, 6.07) is 4.87. The average Bonchev–Trinajstić information content (AvgIpc) is 2.47. The number of hydrogen-bond donors (Lipinski definition) is 2. The summed E-state index contributed by atoms with van der Waals surface area (Å²) in [6.07, 6.45) is 1.96. The van der Waals surface area contributed by atoms with Gasteiger partial charge in [0.05, 0.1) is 14.1 Å². The lowest BCUT2D eigenvalue weighted by molar-refractivity contribution is -0.872. The summed E-state index contributed by atoms with van der Waals surface area (Å²) in [5.41, 5.74) is 2.11. The number of fused-ring (bicyclic) bond motifs is 1. The van der Waals surface area contributed by atoms with Gasteiger partial charge in [-0.25, -0.2) is 4.39 Å². The molecule has 0 aliphatic heterocycles. The number of H-pyrrole nitrogens is 1. The van der Waals surface area contributed by atoms with Crippen molar-refractivity contribution < 1.29 is 9.29 Å². The predicted molar refractivity (Wildman–Crippen MR) is 54.8 cm³/mol. The third-order valence-electron chi connectivity index (χ3n) is 2.27. The molecule has 2 nitrogen and oxygen atoms in total. The van der Waals surface area contributed by atoms with E-state index in [-0.39, 0.29) is 5.82 Å². The molecule has 0 bridgehead atoms. The first-order chi connectivity index (χ1) is 6.66. The predicted octanol–water partition coefficient (Wildman–Crippen LogP) is 0.952. The fourth-order valence-electron chi connectivity index (χ4n) is 1.69. The number of hydrogen-bond acceptors (Lipinski definition) is 0.